The van der Waals surface area contributed by atoms with Crippen molar-refractivity contribution in [3.8, 4) is 0 Å². The minimum absolute atomic E-state index is 0.0307. The highest BCUT2D eigenvalue weighted by molar-refractivity contribution is 7.89. The summed E-state index contributed by atoms with van der Waals surface area (Å²) in [5.74, 6) is 0.0656. The van der Waals surface area contributed by atoms with E-state index >= 15 is 0 Å². The number of anilines is 1. The predicted octanol–water partition coefficient (Wildman–Crippen LogP) is 1.44. The van der Waals surface area contributed by atoms with Crippen LogP contribution >= 0.6 is 0 Å². The van der Waals surface area contributed by atoms with E-state index < -0.39 is 10.0 Å². The molecule has 2 aliphatic heterocycles. The first-order valence-corrected chi connectivity index (χ1v) is 9.54. The maximum Gasteiger partial charge on any atom is 0.240 e. The van der Waals surface area contributed by atoms with Gasteiger partial charge in [-0.15, -0.1) is 0 Å². The first-order chi connectivity index (χ1) is 11.0. The molecule has 1 atom stereocenters. The average Bonchev–Trinajstić information content (AvgIpc) is 3.21. The van der Waals surface area contributed by atoms with Gasteiger partial charge >= 0.3 is 0 Å². The summed E-state index contributed by atoms with van der Waals surface area (Å²) in [6.45, 7) is 3.45. The van der Waals surface area contributed by atoms with Crippen LogP contribution in [0.2, 0.25) is 0 Å². The molecule has 0 radical (unpaired) electrons. The fourth-order valence-electron chi connectivity index (χ4n) is 3.09. The minimum atomic E-state index is -3.55. The Morgan fingerprint density at radius 1 is 1.43 bits per heavy atom. The largest absolute Gasteiger partial charge is 0.377 e. The Balaban J connectivity index is 1.75. The number of carbonyl (C=O) groups excluding carboxylic acids is 1. The molecular formula is C16H22N2O4S. The SMILES string of the molecule is CCC(=O)N1CCc2cc(S(=O)(=O)NC[C@@H]3CCCO3)ccc21. The molecule has 0 bridgehead atoms. The third-order valence-corrected chi connectivity index (χ3v) is 5.81. The summed E-state index contributed by atoms with van der Waals surface area (Å²) in [5.41, 5.74) is 1.74. The van der Waals surface area contributed by atoms with Gasteiger partial charge < -0.3 is 9.64 Å². The summed E-state index contributed by atoms with van der Waals surface area (Å²) >= 11 is 0. The number of carbonyl (C=O) groups is 1. The molecular weight excluding hydrogens is 316 g/mol. The molecule has 6 nitrogen and oxygen atoms in total. The van der Waals surface area contributed by atoms with Crippen LogP contribution in [0.5, 0.6) is 0 Å². The molecule has 1 amide bonds. The van der Waals surface area contributed by atoms with Gasteiger partial charge in [0, 0.05) is 31.8 Å². The fraction of sp³-hybridized carbons (Fsp3) is 0.562. The number of hydrogen-bond donors (Lipinski definition) is 1. The molecule has 1 saturated heterocycles. The van der Waals surface area contributed by atoms with Gasteiger partial charge in [0.2, 0.25) is 15.9 Å². The number of nitrogens with one attached hydrogen (secondary N) is 1. The predicted molar refractivity (Wildman–Crippen MR) is 87.0 cm³/mol. The van der Waals surface area contributed by atoms with Crippen LogP contribution in [0.15, 0.2) is 23.1 Å². The highest BCUT2D eigenvalue weighted by atomic mass is 32.2. The van der Waals surface area contributed by atoms with Gasteiger partial charge in [-0.05, 0) is 43.0 Å². The van der Waals surface area contributed by atoms with E-state index in [9.17, 15) is 13.2 Å². The molecule has 23 heavy (non-hydrogen) atoms. The molecule has 0 saturated carbocycles. The van der Waals surface area contributed by atoms with Crippen LogP contribution in [0.1, 0.15) is 31.7 Å². The fourth-order valence-corrected chi connectivity index (χ4v) is 4.20. The number of rotatable bonds is 5. The van der Waals surface area contributed by atoms with Gasteiger partial charge in [-0.2, -0.15) is 0 Å². The molecule has 126 valence electrons. The molecule has 0 unspecified atom stereocenters. The van der Waals surface area contributed by atoms with E-state index in [1.807, 2.05) is 6.92 Å². The summed E-state index contributed by atoms with van der Waals surface area (Å²) in [7, 11) is -3.55. The van der Waals surface area contributed by atoms with Gasteiger partial charge in [0.25, 0.3) is 0 Å². The van der Waals surface area contributed by atoms with E-state index in [4.69, 9.17) is 4.74 Å². The molecule has 0 aromatic heterocycles. The van der Waals surface area contributed by atoms with Gasteiger partial charge in [0.1, 0.15) is 0 Å². The Kier molecular flexibility index (Phi) is 4.70. The monoisotopic (exact) mass is 338 g/mol. The minimum Gasteiger partial charge on any atom is -0.377 e. The Labute approximate surface area is 136 Å². The summed E-state index contributed by atoms with van der Waals surface area (Å²) in [4.78, 5) is 13.9. The van der Waals surface area contributed by atoms with E-state index in [0.29, 0.717) is 32.5 Å². The molecule has 2 heterocycles. The second kappa shape index (κ2) is 6.59. The summed E-state index contributed by atoms with van der Waals surface area (Å²) in [6, 6.07) is 4.98. The molecule has 7 heteroatoms. The van der Waals surface area contributed by atoms with E-state index in [1.54, 1.807) is 23.1 Å². The van der Waals surface area contributed by atoms with Crippen molar-refractivity contribution in [3.05, 3.63) is 23.8 Å². The van der Waals surface area contributed by atoms with Crippen molar-refractivity contribution in [1.82, 2.24) is 4.72 Å². The van der Waals surface area contributed by atoms with Crippen LogP contribution in [0, 0.1) is 0 Å². The maximum absolute atomic E-state index is 12.4. The average molecular weight is 338 g/mol. The zero-order chi connectivity index (χ0) is 16.4. The Morgan fingerprint density at radius 2 is 2.26 bits per heavy atom. The third-order valence-electron chi connectivity index (χ3n) is 4.39. The van der Waals surface area contributed by atoms with E-state index in [0.717, 1.165) is 24.1 Å². The Hall–Kier alpha value is -1.44. The lowest BCUT2D eigenvalue weighted by Crippen LogP contribution is -2.32. The number of nitrogens with zero attached hydrogens (tertiary/aromatic N) is 1. The lowest BCUT2D eigenvalue weighted by atomic mass is 10.2. The topological polar surface area (TPSA) is 75.7 Å². The van der Waals surface area contributed by atoms with Gasteiger partial charge in [0.05, 0.1) is 11.0 Å². The highest BCUT2D eigenvalue weighted by Gasteiger charge is 2.26. The second-order valence-corrected chi connectivity index (χ2v) is 7.69. The van der Waals surface area contributed by atoms with E-state index in [-0.39, 0.29) is 16.9 Å². The third kappa shape index (κ3) is 3.41. The molecule has 1 fully saturated rings. The van der Waals surface area contributed by atoms with Gasteiger partial charge in [-0.25, -0.2) is 13.1 Å². The van der Waals surface area contributed by atoms with Crippen molar-refractivity contribution < 1.29 is 17.9 Å². The van der Waals surface area contributed by atoms with Crippen molar-refractivity contribution in [2.24, 2.45) is 0 Å². The van der Waals surface area contributed by atoms with Crippen molar-refractivity contribution >= 4 is 21.6 Å². The lowest BCUT2D eigenvalue weighted by Gasteiger charge is -2.17. The standard InChI is InChI=1S/C16H22N2O4S/c1-2-16(19)18-8-7-12-10-14(5-6-15(12)18)23(20,21)17-11-13-4-3-9-22-13/h5-6,10,13,17H,2-4,7-9,11H2,1H3/t13-/m0/s1. The van der Waals surface area contributed by atoms with E-state index in [2.05, 4.69) is 4.72 Å². The number of hydrogen-bond acceptors (Lipinski definition) is 4. The molecule has 1 aromatic carbocycles. The number of fused-ring (bicyclic) bond motifs is 1. The zero-order valence-corrected chi connectivity index (χ0v) is 14.1. The molecule has 0 spiro atoms. The van der Waals surface area contributed by atoms with Gasteiger partial charge in [0.15, 0.2) is 0 Å². The first kappa shape index (κ1) is 16.4. The summed E-state index contributed by atoms with van der Waals surface area (Å²) in [6.07, 6.45) is 2.98. The Morgan fingerprint density at radius 3 is 2.96 bits per heavy atom. The smallest absolute Gasteiger partial charge is 0.240 e. The van der Waals surface area contributed by atoms with Crippen LogP contribution in [0.4, 0.5) is 5.69 Å². The normalized spacial score (nSPS) is 20.7. The summed E-state index contributed by atoms with van der Waals surface area (Å²) in [5, 5.41) is 0. The number of ether oxygens (including phenoxy) is 1. The maximum atomic E-state index is 12.4. The van der Waals surface area contributed by atoms with Crippen molar-refractivity contribution in [2.45, 2.75) is 43.6 Å². The number of sulfonamides is 1. The van der Waals surface area contributed by atoms with Crippen LogP contribution in [0.25, 0.3) is 0 Å². The molecule has 2 aliphatic rings. The highest BCUT2D eigenvalue weighted by Crippen LogP contribution is 2.30. The molecule has 1 aromatic rings. The van der Waals surface area contributed by atoms with Gasteiger partial charge in [-0.1, -0.05) is 6.92 Å². The number of benzene rings is 1. The van der Waals surface area contributed by atoms with Gasteiger partial charge in [-0.3, -0.25) is 4.79 Å². The lowest BCUT2D eigenvalue weighted by molar-refractivity contribution is -0.118. The summed E-state index contributed by atoms with van der Waals surface area (Å²) < 4.78 is 32.9. The zero-order valence-electron chi connectivity index (χ0n) is 13.2. The first-order valence-electron chi connectivity index (χ1n) is 8.06. The van der Waals surface area contributed by atoms with Crippen LogP contribution < -0.4 is 9.62 Å². The van der Waals surface area contributed by atoms with Crippen molar-refractivity contribution in [2.75, 3.05) is 24.6 Å². The molecule has 3 rings (SSSR count). The van der Waals surface area contributed by atoms with Crippen molar-refractivity contribution in [3.63, 3.8) is 0 Å². The Bertz CT molecular complexity index is 696. The van der Waals surface area contributed by atoms with Crippen LogP contribution in [-0.2, 0) is 26.0 Å². The number of amides is 1. The van der Waals surface area contributed by atoms with Crippen LogP contribution in [-0.4, -0.2) is 40.1 Å². The van der Waals surface area contributed by atoms with Crippen LogP contribution in [0.3, 0.4) is 0 Å². The second-order valence-electron chi connectivity index (χ2n) is 5.93. The molecule has 1 N–H and O–H groups in total. The van der Waals surface area contributed by atoms with E-state index in [1.165, 1.54) is 0 Å². The quantitative estimate of drug-likeness (QED) is 0.881. The van der Waals surface area contributed by atoms with Crippen molar-refractivity contribution in [1.29, 1.82) is 0 Å². The molecule has 0 aliphatic carbocycles.